The van der Waals surface area contributed by atoms with Gasteiger partial charge in [0.15, 0.2) is 0 Å². The summed E-state index contributed by atoms with van der Waals surface area (Å²) >= 11 is 0. The second-order valence-electron chi connectivity index (χ2n) is 7.71. The van der Waals surface area contributed by atoms with Crippen LogP contribution in [0.4, 0.5) is 11.6 Å². The van der Waals surface area contributed by atoms with Gasteiger partial charge in [-0.1, -0.05) is 30.7 Å². The molecule has 3 aromatic rings. The van der Waals surface area contributed by atoms with Crippen molar-refractivity contribution >= 4 is 11.6 Å². The molecule has 1 aromatic carbocycles. The first-order valence-electron chi connectivity index (χ1n) is 10.0. The first-order valence-corrected chi connectivity index (χ1v) is 10.0. The highest BCUT2D eigenvalue weighted by molar-refractivity contribution is 5.63. The number of aromatic nitrogens is 3. The van der Waals surface area contributed by atoms with Gasteiger partial charge in [-0.3, -0.25) is 24.1 Å². The van der Waals surface area contributed by atoms with Gasteiger partial charge in [-0.15, -0.1) is 0 Å². The molecule has 4 rings (SSSR count). The molecule has 1 aliphatic rings. The third-order valence-corrected chi connectivity index (χ3v) is 5.48. The molecule has 0 aliphatic carbocycles. The van der Waals surface area contributed by atoms with Crippen LogP contribution in [0.3, 0.4) is 0 Å². The largest absolute Gasteiger partial charge is 0.298 e. The molecule has 0 amide bonds. The van der Waals surface area contributed by atoms with E-state index in [1.54, 1.807) is 10.8 Å². The number of nitrogens with zero attached hydrogens (tertiary/aromatic N) is 5. The summed E-state index contributed by atoms with van der Waals surface area (Å²) < 4.78 is 1.80. The van der Waals surface area contributed by atoms with Crippen molar-refractivity contribution in [1.82, 2.24) is 19.4 Å². The Kier molecular flexibility index (Phi) is 5.20. The van der Waals surface area contributed by atoms with E-state index in [1.165, 1.54) is 11.1 Å². The smallest absolute Gasteiger partial charge is 0.259 e. The average Bonchev–Trinajstić information content (AvgIpc) is 2.69. The molecule has 0 fully saturated rings. The van der Waals surface area contributed by atoms with Crippen LogP contribution >= 0.6 is 0 Å². The van der Waals surface area contributed by atoms with Gasteiger partial charge in [0, 0.05) is 29.7 Å². The van der Waals surface area contributed by atoms with Gasteiger partial charge in [-0.25, -0.2) is 4.98 Å². The van der Waals surface area contributed by atoms with Crippen LogP contribution in [0.2, 0.25) is 0 Å². The summed E-state index contributed by atoms with van der Waals surface area (Å²) in [6.45, 7) is 9.97. The summed E-state index contributed by atoms with van der Waals surface area (Å²) in [6, 6.07) is 12.3. The summed E-state index contributed by atoms with van der Waals surface area (Å²) in [5, 5.41) is 0. The van der Waals surface area contributed by atoms with Crippen molar-refractivity contribution in [3.8, 4) is 0 Å². The number of pyridine rings is 1. The van der Waals surface area contributed by atoms with Gasteiger partial charge in [-0.2, -0.15) is 0 Å². The topological polar surface area (TPSA) is 54.3 Å². The summed E-state index contributed by atoms with van der Waals surface area (Å²) in [5.41, 5.74) is 6.10. The SMILES string of the molecule is CCc1c(C)nc2n(c1=O)CN(Cc1ccccn1)CN2c1ccc(C)cc1C. The van der Waals surface area contributed by atoms with Crippen molar-refractivity contribution in [2.24, 2.45) is 0 Å². The molecule has 0 saturated carbocycles. The molecule has 3 heterocycles. The molecular formula is C23H27N5O. The average molecular weight is 390 g/mol. The zero-order valence-electron chi connectivity index (χ0n) is 17.5. The van der Waals surface area contributed by atoms with Crippen LogP contribution in [0.5, 0.6) is 0 Å². The van der Waals surface area contributed by atoms with Crippen LogP contribution in [0, 0.1) is 20.8 Å². The van der Waals surface area contributed by atoms with E-state index in [9.17, 15) is 4.79 Å². The Bertz CT molecular complexity index is 1090. The number of hydrogen-bond acceptors (Lipinski definition) is 5. The molecule has 0 radical (unpaired) electrons. The first-order chi connectivity index (χ1) is 14.0. The minimum absolute atomic E-state index is 0.0514. The zero-order chi connectivity index (χ0) is 20.5. The van der Waals surface area contributed by atoms with Gasteiger partial charge in [0.1, 0.15) is 0 Å². The molecule has 1 aliphatic heterocycles. The van der Waals surface area contributed by atoms with E-state index >= 15 is 0 Å². The van der Waals surface area contributed by atoms with E-state index in [-0.39, 0.29) is 5.56 Å². The van der Waals surface area contributed by atoms with E-state index in [4.69, 9.17) is 4.98 Å². The Morgan fingerprint density at radius 2 is 1.90 bits per heavy atom. The maximum atomic E-state index is 13.2. The highest BCUT2D eigenvalue weighted by Crippen LogP contribution is 2.31. The minimum Gasteiger partial charge on any atom is -0.298 e. The standard InChI is InChI=1S/C23H27N5O/c1-5-20-18(4)25-23-27(21-10-9-16(2)12-17(21)3)14-26(15-28(23)22(20)29)13-19-8-6-7-11-24-19/h6-12H,5,13-15H2,1-4H3. The number of fused-ring (bicyclic) bond motifs is 1. The summed E-state index contributed by atoms with van der Waals surface area (Å²) in [4.78, 5) is 26.9. The van der Waals surface area contributed by atoms with Gasteiger partial charge in [0.05, 0.1) is 19.0 Å². The Labute approximate surface area is 171 Å². The second-order valence-corrected chi connectivity index (χ2v) is 7.71. The monoisotopic (exact) mass is 389 g/mol. The Balaban J connectivity index is 1.82. The van der Waals surface area contributed by atoms with Crippen LogP contribution in [0.15, 0.2) is 47.4 Å². The maximum Gasteiger partial charge on any atom is 0.259 e. The Hall–Kier alpha value is -2.99. The molecule has 0 atom stereocenters. The van der Waals surface area contributed by atoms with Crippen molar-refractivity contribution in [1.29, 1.82) is 0 Å². The normalized spacial score (nSPS) is 14.1. The molecule has 0 saturated heterocycles. The third kappa shape index (κ3) is 3.68. The van der Waals surface area contributed by atoms with Crippen LogP contribution < -0.4 is 10.5 Å². The Morgan fingerprint density at radius 1 is 1.07 bits per heavy atom. The second kappa shape index (κ2) is 7.79. The van der Waals surface area contributed by atoms with Crippen molar-refractivity contribution in [3.63, 3.8) is 0 Å². The van der Waals surface area contributed by atoms with E-state index in [0.29, 0.717) is 32.3 Å². The number of hydrogen-bond donors (Lipinski definition) is 0. The summed E-state index contributed by atoms with van der Waals surface area (Å²) in [6.07, 6.45) is 2.49. The zero-order valence-corrected chi connectivity index (χ0v) is 17.5. The number of anilines is 2. The van der Waals surface area contributed by atoms with Crippen molar-refractivity contribution in [3.05, 3.63) is 81.0 Å². The van der Waals surface area contributed by atoms with Crippen LogP contribution in [-0.2, 0) is 19.6 Å². The lowest BCUT2D eigenvalue weighted by Gasteiger charge is -2.39. The van der Waals surface area contributed by atoms with Gasteiger partial charge in [0.25, 0.3) is 5.56 Å². The molecule has 0 bridgehead atoms. The predicted octanol–water partition coefficient (Wildman–Crippen LogP) is 3.69. The number of benzene rings is 1. The highest BCUT2D eigenvalue weighted by atomic mass is 16.1. The van der Waals surface area contributed by atoms with Crippen LogP contribution in [0.1, 0.15) is 35.0 Å². The van der Waals surface area contributed by atoms with E-state index in [1.807, 2.05) is 32.0 Å². The highest BCUT2D eigenvalue weighted by Gasteiger charge is 2.28. The van der Waals surface area contributed by atoms with Gasteiger partial charge < -0.3 is 0 Å². The van der Waals surface area contributed by atoms with Gasteiger partial charge in [-0.05, 0) is 51.0 Å². The molecular weight excluding hydrogens is 362 g/mol. The van der Waals surface area contributed by atoms with Crippen molar-refractivity contribution in [2.45, 2.75) is 47.3 Å². The molecule has 2 aromatic heterocycles. The van der Waals surface area contributed by atoms with Crippen LogP contribution in [0.25, 0.3) is 0 Å². The van der Waals surface area contributed by atoms with E-state index in [2.05, 4.69) is 46.8 Å². The molecule has 0 unspecified atom stereocenters. The summed E-state index contributed by atoms with van der Waals surface area (Å²) in [5.74, 6) is 0.717. The molecule has 150 valence electrons. The Morgan fingerprint density at radius 3 is 2.59 bits per heavy atom. The summed E-state index contributed by atoms with van der Waals surface area (Å²) in [7, 11) is 0. The molecule has 0 N–H and O–H groups in total. The lowest BCUT2D eigenvalue weighted by molar-refractivity contribution is 0.187. The fourth-order valence-corrected chi connectivity index (χ4v) is 4.05. The quantitative estimate of drug-likeness (QED) is 0.681. The van der Waals surface area contributed by atoms with Gasteiger partial charge >= 0.3 is 0 Å². The molecule has 29 heavy (non-hydrogen) atoms. The van der Waals surface area contributed by atoms with E-state index < -0.39 is 0 Å². The third-order valence-electron chi connectivity index (χ3n) is 5.48. The van der Waals surface area contributed by atoms with Crippen molar-refractivity contribution < 1.29 is 0 Å². The van der Waals surface area contributed by atoms with Crippen molar-refractivity contribution in [2.75, 3.05) is 11.6 Å². The van der Waals surface area contributed by atoms with E-state index in [0.717, 1.165) is 22.6 Å². The molecule has 6 heteroatoms. The van der Waals surface area contributed by atoms with Gasteiger partial charge in [0.2, 0.25) is 5.95 Å². The number of aryl methyl sites for hydroxylation is 3. The maximum absolute atomic E-state index is 13.2. The molecule has 6 nitrogen and oxygen atoms in total. The minimum atomic E-state index is 0.0514. The number of rotatable bonds is 4. The predicted molar refractivity (Wildman–Crippen MR) is 115 cm³/mol. The lowest BCUT2D eigenvalue weighted by atomic mass is 10.1. The lowest BCUT2D eigenvalue weighted by Crippen LogP contribution is -2.47. The van der Waals surface area contributed by atoms with Crippen LogP contribution in [-0.4, -0.2) is 26.1 Å². The molecule has 0 spiro atoms. The fraction of sp³-hybridized carbons (Fsp3) is 0.348. The fourth-order valence-electron chi connectivity index (χ4n) is 4.05. The first kappa shape index (κ1) is 19.3.